The molecule has 0 fully saturated rings. The molecule has 0 atom stereocenters. The molecule has 0 aliphatic heterocycles. The third-order valence-electron chi connectivity index (χ3n) is 12.5. The molecule has 0 bridgehead atoms. The van der Waals surface area contributed by atoms with Crippen LogP contribution in [-0.4, -0.2) is 0 Å². The lowest BCUT2D eigenvalue weighted by Gasteiger charge is -2.49. The third kappa shape index (κ3) is 3.21. The van der Waals surface area contributed by atoms with Crippen molar-refractivity contribution in [3.8, 4) is 33.4 Å². The molecule has 9 aromatic rings. The van der Waals surface area contributed by atoms with Crippen LogP contribution in [0.1, 0.15) is 44.5 Å². The predicted octanol–water partition coefficient (Wildman–Crippen LogP) is 12.7. The van der Waals surface area contributed by atoms with Crippen LogP contribution in [0.5, 0.6) is 0 Å². The Kier molecular flexibility index (Phi) is 5.46. The van der Waals surface area contributed by atoms with Gasteiger partial charge in [-0.25, -0.2) is 0 Å². The van der Waals surface area contributed by atoms with Crippen LogP contribution in [0.2, 0.25) is 0 Å². The summed E-state index contributed by atoms with van der Waals surface area (Å²) >= 11 is 0. The lowest BCUT2D eigenvalue weighted by Crippen LogP contribution is -2.44. The van der Waals surface area contributed by atoms with E-state index in [1.807, 2.05) is 0 Å². The SMILES string of the molecule is c1ccc2c(c1)-c1ccccc1C21c2ccccc2C2(c3ccccc3-c3ccccc32)c2c(-c3cc4ccccc4c4ccccc34)cccc21. The van der Waals surface area contributed by atoms with Crippen LogP contribution in [0, 0.1) is 0 Å². The Morgan fingerprint density at radius 3 is 1.19 bits per heavy atom. The number of fused-ring (bicyclic) bond motifs is 19. The van der Waals surface area contributed by atoms with Gasteiger partial charge in [-0.05, 0) is 105 Å². The van der Waals surface area contributed by atoms with Gasteiger partial charge in [-0.1, -0.05) is 188 Å². The van der Waals surface area contributed by atoms with Gasteiger partial charge in [0.2, 0.25) is 0 Å². The summed E-state index contributed by atoms with van der Waals surface area (Å²) < 4.78 is 0. The van der Waals surface area contributed by atoms with E-state index in [1.165, 1.54) is 99.4 Å². The third-order valence-corrected chi connectivity index (χ3v) is 12.5. The first-order chi connectivity index (χ1) is 25.8. The zero-order chi connectivity index (χ0) is 34.0. The summed E-state index contributed by atoms with van der Waals surface area (Å²) in [6.07, 6.45) is 0. The first-order valence-electron chi connectivity index (χ1n) is 18.4. The summed E-state index contributed by atoms with van der Waals surface area (Å²) in [5.41, 5.74) is 17.7. The normalized spacial score (nSPS) is 14.8. The van der Waals surface area contributed by atoms with Crippen molar-refractivity contribution in [3.05, 3.63) is 239 Å². The van der Waals surface area contributed by atoms with Crippen LogP contribution in [0.4, 0.5) is 0 Å². The van der Waals surface area contributed by atoms with Crippen molar-refractivity contribution in [2.75, 3.05) is 0 Å². The molecule has 0 unspecified atom stereocenters. The van der Waals surface area contributed by atoms with Crippen molar-refractivity contribution >= 4 is 21.5 Å². The van der Waals surface area contributed by atoms with E-state index >= 15 is 0 Å². The lowest BCUT2D eigenvalue weighted by atomic mass is 9.51. The van der Waals surface area contributed by atoms with Crippen molar-refractivity contribution in [1.82, 2.24) is 0 Å². The molecule has 3 aliphatic carbocycles. The van der Waals surface area contributed by atoms with Gasteiger partial charge in [-0.15, -0.1) is 0 Å². The van der Waals surface area contributed by atoms with E-state index in [2.05, 4.69) is 194 Å². The number of benzene rings is 9. The monoisotopic (exact) mass is 656 g/mol. The van der Waals surface area contributed by atoms with Crippen LogP contribution in [0.15, 0.2) is 194 Å². The molecule has 0 aromatic heterocycles. The summed E-state index contributed by atoms with van der Waals surface area (Å²) in [5.74, 6) is 0. The maximum atomic E-state index is 2.46. The van der Waals surface area contributed by atoms with E-state index in [9.17, 15) is 0 Å². The van der Waals surface area contributed by atoms with Crippen LogP contribution in [-0.2, 0) is 10.8 Å². The minimum Gasteiger partial charge on any atom is -0.0619 e. The van der Waals surface area contributed by atoms with Gasteiger partial charge in [0, 0.05) is 0 Å². The Balaban J connectivity index is 1.35. The Labute approximate surface area is 303 Å². The summed E-state index contributed by atoms with van der Waals surface area (Å²) in [5, 5.41) is 5.12. The van der Waals surface area contributed by atoms with E-state index in [0.29, 0.717) is 0 Å². The van der Waals surface area contributed by atoms with Crippen molar-refractivity contribution in [2.45, 2.75) is 10.8 Å². The highest BCUT2D eigenvalue weighted by Gasteiger charge is 2.59. The molecule has 0 N–H and O–H groups in total. The van der Waals surface area contributed by atoms with Gasteiger partial charge in [0.15, 0.2) is 0 Å². The van der Waals surface area contributed by atoms with Gasteiger partial charge in [0.05, 0.1) is 10.8 Å². The van der Waals surface area contributed by atoms with E-state index in [-0.39, 0.29) is 0 Å². The molecule has 9 aromatic carbocycles. The van der Waals surface area contributed by atoms with Gasteiger partial charge in [0.25, 0.3) is 0 Å². The number of hydrogen-bond acceptors (Lipinski definition) is 0. The molecule has 0 saturated carbocycles. The van der Waals surface area contributed by atoms with Gasteiger partial charge < -0.3 is 0 Å². The molecule has 0 heterocycles. The van der Waals surface area contributed by atoms with E-state index < -0.39 is 10.8 Å². The standard InChI is InChI=1S/C52H32/c1-2-17-34-33(16-1)32-42(36-19-4-3-18-35(34)36)41-24-15-31-49-50(41)52(45-27-11-7-22-39(45)40-23-8-12-28-46(40)52)48-30-14-13-29-47(48)51(49)43-25-9-5-20-37(43)38-21-6-10-26-44(38)51/h1-32H. The molecule has 0 nitrogen and oxygen atoms in total. The molecule has 52 heavy (non-hydrogen) atoms. The zero-order valence-electron chi connectivity index (χ0n) is 28.5. The molecule has 3 aliphatic rings. The molecule has 2 spiro atoms. The van der Waals surface area contributed by atoms with Crippen LogP contribution in [0.3, 0.4) is 0 Å². The average molecular weight is 657 g/mol. The van der Waals surface area contributed by atoms with Crippen molar-refractivity contribution in [1.29, 1.82) is 0 Å². The molecular weight excluding hydrogens is 625 g/mol. The molecule has 240 valence electrons. The van der Waals surface area contributed by atoms with Gasteiger partial charge in [-0.3, -0.25) is 0 Å². The highest BCUT2D eigenvalue weighted by Crippen LogP contribution is 2.68. The summed E-state index contributed by atoms with van der Waals surface area (Å²) in [4.78, 5) is 0. The van der Waals surface area contributed by atoms with Crippen molar-refractivity contribution < 1.29 is 0 Å². The number of hydrogen-bond donors (Lipinski definition) is 0. The van der Waals surface area contributed by atoms with Gasteiger partial charge >= 0.3 is 0 Å². The summed E-state index contributed by atoms with van der Waals surface area (Å²) in [7, 11) is 0. The molecule has 0 radical (unpaired) electrons. The largest absolute Gasteiger partial charge is 0.0725 e. The second-order valence-electron chi connectivity index (χ2n) is 14.6. The van der Waals surface area contributed by atoms with Crippen molar-refractivity contribution in [2.24, 2.45) is 0 Å². The predicted molar refractivity (Wildman–Crippen MR) is 215 cm³/mol. The maximum absolute atomic E-state index is 2.46. The zero-order valence-corrected chi connectivity index (χ0v) is 28.5. The Morgan fingerprint density at radius 1 is 0.231 bits per heavy atom. The molecule has 0 amide bonds. The Morgan fingerprint density at radius 2 is 0.615 bits per heavy atom. The maximum Gasteiger partial charge on any atom is 0.0725 e. The molecule has 12 rings (SSSR count). The minimum atomic E-state index is -0.541. The smallest absolute Gasteiger partial charge is 0.0619 e. The second kappa shape index (κ2) is 10.1. The fourth-order valence-corrected chi connectivity index (χ4v) is 10.8. The fourth-order valence-electron chi connectivity index (χ4n) is 10.8. The lowest BCUT2D eigenvalue weighted by molar-refractivity contribution is 0.634. The Bertz CT molecular complexity index is 2890. The first-order valence-corrected chi connectivity index (χ1v) is 18.4. The average Bonchev–Trinajstić information content (AvgIpc) is 3.68. The molecule has 0 heteroatoms. The Hall–Kier alpha value is -6.50. The fraction of sp³-hybridized carbons (Fsp3) is 0.0385. The van der Waals surface area contributed by atoms with Crippen LogP contribution in [0.25, 0.3) is 54.9 Å². The van der Waals surface area contributed by atoms with E-state index in [1.54, 1.807) is 0 Å². The molecule has 0 saturated heterocycles. The minimum absolute atomic E-state index is 0.500. The number of rotatable bonds is 1. The quantitative estimate of drug-likeness (QED) is 0.154. The second-order valence-corrected chi connectivity index (χ2v) is 14.6. The summed E-state index contributed by atoms with van der Waals surface area (Å²) in [6, 6.07) is 73.6. The highest BCUT2D eigenvalue weighted by atomic mass is 14.6. The van der Waals surface area contributed by atoms with Gasteiger partial charge in [0.1, 0.15) is 0 Å². The first kappa shape index (κ1) is 28.2. The van der Waals surface area contributed by atoms with Crippen LogP contribution < -0.4 is 0 Å². The topological polar surface area (TPSA) is 0 Å². The van der Waals surface area contributed by atoms with Crippen LogP contribution >= 0.6 is 0 Å². The summed E-state index contributed by atoms with van der Waals surface area (Å²) in [6.45, 7) is 0. The highest BCUT2D eigenvalue weighted by molar-refractivity contribution is 6.14. The van der Waals surface area contributed by atoms with Crippen molar-refractivity contribution in [3.63, 3.8) is 0 Å². The van der Waals surface area contributed by atoms with Gasteiger partial charge in [-0.2, -0.15) is 0 Å². The van der Waals surface area contributed by atoms with E-state index in [4.69, 9.17) is 0 Å². The molecular formula is C52H32. The van der Waals surface area contributed by atoms with E-state index in [0.717, 1.165) is 0 Å².